The number of nitrogens with zero attached hydrogens (tertiary/aromatic N) is 3. The lowest BCUT2D eigenvalue weighted by atomic mass is 9.97. The minimum Gasteiger partial charge on any atom is -0.381 e. The van der Waals surface area contributed by atoms with Gasteiger partial charge in [0.15, 0.2) is 11.6 Å². The summed E-state index contributed by atoms with van der Waals surface area (Å²) in [5.41, 5.74) is 13.5. The van der Waals surface area contributed by atoms with Gasteiger partial charge in [-0.1, -0.05) is 12.1 Å². The number of fused-ring (bicyclic) bond motifs is 1. The van der Waals surface area contributed by atoms with Gasteiger partial charge in [-0.05, 0) is 37.4 Å². The van der Waals surface area contributed by atoms with E-state index >= 15 is 0 Å². The van der Waals surface area contributed by atoms with E-state index in [2.05, 4.69) is 14.9 Å². The van der Waals surface area contributed by atoms with E-state index in [0.29, 0.717) is 11.7 Å². The van der Waals surface area contributed by atoms with Gasteiger partial charge in [-0.2, -0.15) is 0 Å². The maximum atomic E-state index is 6.04. The monoisotopic (exact) mass is 293 g/mol. The minimum absolute atomic E-state index is 0. The number of benzene rings is 1. The van der Waals surface area contributed by atoms with Crippen LogP contribution in [0.2, 0.25) is 0 Å². The summed E-state index contributed by atoms with van der Waals surface area (Å²) in [5, 5.41) is 0. The van der Waals surface area contributed by atoms with Crippen molar-refractivity contribution in [3.05, 3.63) is 24.3 Å². The molecule has 1 aliphatic heterocycles. The highest BCUT2D eigenvalue weighted by molar-refractivity contribution is 5.85. The summed E-state index contributed by atoms with van der Waals surface area (Å²) in [6.45, 7) is 2.69. The molecule has 0 radical (unpaired) electrons. The highest BCUT2D eigenvalue weighted by Crippen LogP contribution is 2.26. The summed E-state index contributed by atoms with van der Waals surface area (Å²) in [7, 11) is 0. The van der Waals surface area contributed by atoms with Gasteiger partial charge in [0, 0.05) is 13.1 Å². The summed E-state index contributed by atoms with van der Waals surface area (Å²) in [6.07, 6.45) is 2.20. The van der Waals surface area contributed by atoms with Gasteiger partial charge >= 0.3 is 0 Å². The summed E-state index contributed by atoms with van der Waals surface area (Å²) in [4.78, 5) is 11.3. The van der Waals surface area contributed by atoms with Crippen molar-refractivity contribution in [1.82, 2.24) is 9.97 Å². The molecule has 1 saturated heterocycles. The summed E-state index contributed by atoms with van der Waals surface area (Å²) >= 11 is 0. The third-order valence-electron chi connectivity index (χ3n) is 3.83. The number of para-hydroxylation sites is 2. The van der Waals surface area contributed by atoms with E-state index in [0.717, 1.165) is 49.3 Å². The molecule has 2 heterocycles. The van der Waals surface area contributed by atoms with E-state index in [9.17, 15) is 0 Å². The van der Waals surface area contributed by atoms with E-state index in [-0.39, 0.29) is 12.4 Å². The molecule has 0 spiro atoms. The molecule has 1 aromatic heterocycles. The van der Waals surface area contributed by atoms with Gasteiger partial charge in [0.25, 0.3) is 0 Å². The van der Waals surface area contributed by atoms with Crippen molar-refractivity contribution >= 4 is 35.1 Å². The smallest absolute Gasteiger partial charge is 0.172 e. The van der Waals surface area contributed by atoms with Gasteiger partial charge in [-0.25, -0.2) is 9.97 Å². The van der Waals surface area contributed by atoms with Crippen LogP contribution in [0.1, 0.15) is 12.8 Å². The molecule has 4 N–H and O–H groups in total. The molecule has 0 unspecified atom stereocenters. The average Bonchev–Trinajstić information content (AvgIpc) is 2.47. The van der Waals surface area contributed by atoms with Crippen molar-refractivity contribution in [2.75, 3.05) is 30.3 Å². The normalized spacial score (nSPS) is 16.1. The molecule has 6 heteroatoms. The van der Waals surface area contributed by atoms with E-state index in [1.165, 1.54) is 0 Å². The van der Waals surface area contributed by atoms with Crippen LogP contribution >= 0.6 is 12.4 Å². The fourth-order valence-corrected chi connectivity index (χ4v) is 2.62. The van der Waals surface area contributed by atoms with Crippen LogP contribution in [0.25, 0.3) is 11.0 Å². The van der Waals surface area contributed by atoms with Crippen molar-refractivity contribution in [3.63, 3.8) is 0 Å². The van der Waals surface area contributed by atoms with E-state index in [1.54, 1.807) is 0 Å². The van der Waals surface area contributed by atoms with E-state index < -0.39 is 0 Å². The van der Waals surface area contributed by atoms with E-state index in [1.807, 2.05) is 24.3 Å². The zero-order valence-electron chi connectivity index (χ0n) is 11.3. The second-order valence-electron chi connectivity index (χ2n) is 5.09. The fourth-order valence-electron chi connectivity index (χ4n) is 2.62. The predicted molar refractivity (Wildman–Crippen MR) is 85.2 cm³/mol. The van der Waals surface area contributed by atoms with Crippen LogP contribution in [-0.2, 0) is 0 Å². The zero-order valence-corrected chi connectivity index (χ0v) is 12.1. The van der Waals surface area contributed by atoms with Crippen LogP contribution < -0.4 is 16.4 Å². The molecule has 1 aliphatic rings. The van der Waals surface area contributed by atoms with Crippen LogP contribution in [0, 0.1) is 5.92 Å². The Morgan fingerprint density at radius 1 is 1.10 bits per heavy atom. The number of rotatable bonds is 2. The van der Waals surface area contributed by atoms with Crippen LogP contribution in [0.4, 0.5) is 11.6 Å². The van der Waals surface area contributed by atoms with Crippen molar-refractivity contribution < 1.29 is 0 Å². The molecule has 0 saturated carbocycles. The van der Waals surface area contributed by atoms with Gasteiger partial charge < -0.3 is 16.4 Å². The lowest BCUT2D eigenvalue weighted by Gasteiger charge is -2.32. The maximum Gasteiger partial charge on any atom is 0.172 e. The standard InChI is InChI=1S/C14H19N5.ClH/c15-9-10-5-7-19(8-6-10)14-13(16)17-11-3-1-2-4-12(11)18-14;/h1-4,10H,5-9,15H2,(H2,16,17);1H. The Hall–Kier alpha value is -1.59. The lowest BCUT2D eigenvalue weighted by Crippen LogP contribution is -2.37. The molecule has 108 valence electrons. The third kappa shape index (κ3) is 2.78. The third-order valence-corrected chi connectivity index (χ3v) is 3.83. The second kappa shape index (κ2) is 6.24. The molecule has 0 bridgehead atoms. The largest absolute Gasteiger partial charge is 0.381 e. The van der Waals surface area contributed by atoms with Gasteiger partial charge in [0.2, 0.25) is 0 Å². The molecule has 1 aromatic carbocycles. The Morgan fingerprint density at radius 2 is 1.70 bits per heavy atom. The molecule has 2 aromatic rings. The Morgan fingerprint density at radius 3 is 2.30 bits per heavy atom. The summed E-state index contributed by atoms with van der Waals surface area (Å²) < 4.78 is 0. The first kappa shape index (κ1) is 14.8. The molecule has 0 aliphatic carbocycles. The second-order valence-corrected chi connectivity index (χ2v) is 5.09. The fraction of sp³-hybridized carbons (Fsp3) is 0.429. The Kier molecular flexibility index (Phi) is 4.62. The lowest BCUT2D eigenvalue weighted by molar-refractivity contribution is 0.413. The van der Waals surface area contributed by atoms with Crippen molar-refractivity contribution in [3.8, 4) is 0 Å². The Labute approximate surface area is 124 Å². The first-order valence-corrected chi connectivity index (χ1v) is 6.75. The van der Waals surface area contributed by atoms with Gasteiger partial charge in [0.1, 0.15) is 0 Å². The number of halogens is 1. The summed E-state index contributed by atoms with van der Waals surface area (Å²) in [6, 6.07) is 7.82. The first-order chi connectivity index (χ1) is 9.28. The van der Waals surface area contributed by atoms with Crippen LogP contribution in [0.3, 0.4) is 0 Å². The van der Waals surface area contributed by atoms with Gasteiger partial charge in [0.05, 0.1) is 11.0 Å². The highest BCUT2D eigenvalue weighted by atomic mass is 35.5. The minimum atomic E-state index is 0. The SMILES string of the molecule is Cl.NCC1CCN(c2nc3ccccc3nc2N)CC1. The Balaban J connectivity index is 0.00000147. The number of anilines is 2. The quantitative estimate of drug-likeness (QED) is 0.882. The van der Waals surface area contributed by atoms with Crippen LogP contribution in [-0.4, -0.2) is 29.6 Å². The zero-order chi connectivity index (χ0) is 13.2. The number of nitrogen functional groups attached to an aromatic ring is 1. The molecule has 0 atom stereocenters. The maximum absolute atomic E-state index is 6.04. The average molecular weight is 294 g/mol. The van der Waals surface area contributed by atoms with Gasteiger partial charge in [-0.15, -0.1) is 12.4 Å². The number of aromatic nitrogens is 2. The van der Waals surface area contributed by atoms with Crippen molar-refractivity contribution in [2.24, 2.45) is 11.7 Å². The molecule has 1 fully saturated rings. The van der Waals surface area contributed by atoms with Crippen molar-refractivity contribution in [2.45, 2.75) is 12.8 Å². The molecule has 5 nitrogen and oxygen atoms in total. The van der Waals surface area contributed by atoms with E-state index in [4.69, 9.17) is 11.5 Å². The van der Waals surface area contributed by atoms with Gasteiger partial charge in [-0.3, -0.25) is 0 Å². The summed E-state index contributed by atoms with van der Waals surface area (Å²) in [5.74, 6) is 1.96. The first-order valence-electron chi connectivity index (χ1n) is 6.75. The number of hydrogen-bond donors (Lipinski definition) is 2. The Bertz CT molecular complexity index is 581. The van der Waals surface area contributed by atoms with Crippen LogP contribution in [0.15, 0.2) is 24.3 Å². The molecule has 20 heavy (non-hydrogen) atoms. The highest BCUT2D eigenvalue weighted by Gasteiger charge is 2.21. The predicted octanol–water partition coefficient (Wildman–Crippen LogP) is 1.81. The topological polar surface area (TPSA) is 81.1 Å². The molecule has 3 rings (SSSR count). The molecular weight excluding hydrogens is 274 g/mol. The molecule has 0 amide bonds. The number of piperidine rings is 1. The molecular formula is C14H20ClN5. The number of hydrogen-bond acceptors (Lipinski definition) is 5. The number of nitrogens with two attached hydrogens (primary N) is 2. The van der Waals surface area contributed by atoms with Crippen molar-refractivity contribution in [1.29, 1.82) is 0 Å². The van der Waals surface area contributed by atoms with Crippen LogP contribution in [0.5, 0.6) is 0 Å².